The van der Waals surface area contributed by atoms with Crippen LogP contribution in [0.4, 0.5) is 11.4 Å². The molecule has 0 spiro atoms. The van der Waals surface area contributed by atoms with Crippen LogP contribution in [-0.4, -0.2) is 61.4 Å². The number of carbonyl (C=O) groups is 4. The van der Waals surface area contributed by atoms with Gasteiger partial charge in [-0.1, -0.05) is 25.5 Å². The molecule has 1 aliphatic heterocycles. The van der Waals surface area contributed by atoms with E-state index in [2.05, 4.69) is 22.9 Å². The summed E-state index contributed by atoms with van der Waals surface area (Å²) in [5, 5.41) is 8.48. The fourth-order valence-electron chi connectivity index (χ4n) is 4.06. The summed E-state index contributed by atoms with van der Waals surface area (Å²) in [5.74, 6) is -1.22. The Kier molecular flexibility index (Phi) is 10.6. The predicted molar refractivity (Wildman–Crippen MR) is 143 cm³/mol. The largest absolute Gasteiger partial charge is 0.382 e. The summed E-state index contributed by atoms with van der Waals surface area (Å²) in [7, 11) is 0. The van der Waals surface area contributed by atoms with Gasteiger partial charge in [0.2, 0.25) is 11.8 Å². The molecule has 1 heterocycles. The second-order valence-electron chi connectivity index (χ2n) is 8.97. The van der Waals surface area contributed by atoms with Crippen molar-refractivity contribution in [1.29, 1.82) is 0 Å². The van der Waals surface area contributed by atoms with Gasteiger partial charge in [0.05, 0.1) is 17.2 Å². The molecule has 1 aliphatic rings. The third-order valence-corrected chi connectivity index (χ3v) is 6.16. The minimum Gasteiger partial charge on any atom is -0.382 e. The number of nitrogens with zero attached hydrogens (tertiary/aromatic N) is 1. The minimum atomic E-state index is -0.380. The Labute approximate surface area is 217 Å². The molecular formula is C28H36N4O5. The van der Waals surface area contributed by atoms with E-state index in [1.807, 2.05) is 6.92 Å². The van der Waals surface area contributed by atoms with Crippen molar-refractivity contribution >= 4 is 35.0 Å². The van der Waals surface area contributed by atoms with Crippen LogP contribution in [-0.2, 0) is 14.3 Å². The van der Waals surface area contributed by atoms with E-state index in [9.17, 15) is 19.2 Å². The molecule has 1 fully saturated rings. The SMILES string of the molecule is CCCCN1CC(C(=O)Nc2ccc(C(=O)Nc3ccccc3C(=O)NCCCOCC)cc2)CC1=O. The fourth-order valence-corrected chi connectivity index (χ4v) is 4.06. The molecule has 2 aromatic rings. The van der Waals surface area contributed by atoms with E-state index in [-0.39, 0.29) is 36.0 Å². The number of nitrogens with one attached hydrogen (secondary N) is 3. The Hall–Kier alpha value is -3.72. The van der Waals surface area contributed by atoms with Gasteiger partial charge in [-0.25, -0.2) is 0 Å². The molecule has 0 aromatic heterocycles. The van der Waals surface area contributed by atoms with Crippen LogP contribution in [0.1, 0.15) is 60.2 Å². The number of unbranched alkanes of at least 4 members (excludes halogenated alkanes) is 1. The molecule has 0 aliphatic carbocycles. The molecule has 9 nitrogen and oxygen atoms in total. The van der Waals surface area contributed by atoms with Crippen LogP contribution in [0.15, 0.2) is 48.5 Å². The Morgan fingerprint density at radius 1 is 0.973 bits per heavy atom. The van der Waals surface area contributed by atoms with E-state index in [0.29, 0.717) is 61.8 Å². The lowest BCUT2D eigenvalue weighted by Crippen LogP contribution is -2.29. The van der Waals surface area contributed by atoms with E-state index in [1.165, 1.54) is 0 Å². The van der Waals surface area contributed by atoms with Gasteiger partial charge in [0, 0.05) is 50.5 Å². The van der Waals surface area contributed by atoms with Crippen molar-refractivity contribution in [3.05, 3.63) is 59.7 Å². The predicted octanol–water partition coefficient (Wildman–Crippen LogP) is 3.68. The van der Waals surface area contributed by atoms with Crippen LogP contribution in [0, 0.1) is 5.92 Å². The van der Waals surface area contributed by atoms with Gasteiger partial charge in [-0.3, -0.25) is 19.2 Å². The lowest BCUT2D eigenvalue weighted by molar-refractivity contribution is -0.128. The minimum absolute atomic E-state index is 0.0140. The first kappa shape index (κ1) is 27.9. The molecule has 9 heteroatoms. The highest BCUT2D eigenvalue weighted by atomic mass is 16.5. The van der Waals surface area contributed by atoms with Crippen molar-refractivity contribution in [3.63, 3.8) is 0 Å². The van der Waals surface area contributed by atoms with Gasteiger partial charge in [0.1, 0.15) is 0 Å². The van der Waals surface area contributed by atoms with Crippen molar-refractivity contribution in [2.45, 2.75) is 39.5 Å². The normalized spacial score (nSPS) is 14.9. The summed E-state index contributed by atoms with van der Waals surface area (Å²) >= 11 is 0. The van der Waals surface area contributed by atoms with Crippen LogP contribution in [0.25, 0.3) is 0 Å². The Morgan fingerprint density at radius 2 is 1.73 bits per heavy atom. The number of anilines is 2. The van der Waals surface area contributed by atoms with Gasteiger partial charge >= 0.3 is 0 Å². The number of likely N-dealkylation sites (tertiary alicyclic amines) is 1. The molecule has 3 N–H and O–H groups in total. The van der Waals surface area contributed by atoms with Crippen molar-refractivity contribution in [2.75, 3.05) is 43.5 Å². The smallest absolute Gasteiger partial charge is 0.255 e. The van der Waals surface area contributed by atoms with E-state index < -0.39 is 0 Å². The third kappa shape index (κ3) is 8.15. The summed E-state index contributed by atoms with van der Waals surface area (Å²) in [6, 6.07) is 13.3. The van der Waals surface area contributed by atoms with Gasteiger partial charge in [0.15, 0.2) is 0 Å². The molecule has 0 saturated carbocycles. The summed E-state index contributed by atoms with van der Waals surface area (Å²) < 4.78 is 5.28. The van der Waals surface area contributed by atoms with E-state index >= 15 is 0 Å². The highest BCUT2D eigenvalue weighted by Gasteiger charge is 2.33. The Bertz CT molecular complexity index is 1090. The average molecular weight is 509 g/mol. The zero-order valence-corrected chi connectivity index (χ0v) is 21.5. The number of amides is 4. The van der Waals surface area contributed by atoms with Crippen molar-refractivity contribution in [3.8, 4) is 0 Å². The van der Waals surface area contributed by atoms with Crippen LogP contribution in [0.5, 0.6) is 0 Å². The molecule has 0 bridgehead atoms. The topological polar surface area (TPSA) is 117 Å². The number of para-hydroxylation sites is 1. The quantitative estimate of drug-likeness (QED) is 0.357. The highest BCUT2D eigenvalue weighted by Crippen LogP contribution is 2.21. The number of carbonyl (C=O) groups excluding carboxylic acids is 4. The fraction of sp³-hybridized carbons (Fsp3) is 0.429. The lowest BCUT2D eigenvalue weighted by Gasteiger charge is -2.16. The number of benzene rings is 2. The van der Waals surface area contributed by atoms with E-state index in [4.69, 9.17) is 4.74 Å². The van der Waals surface area contributed by atoms with Gasteiger partial charge < -0.3 is 25.6 Å². The summed E-state index contributed by atoms with van der Waals surface area (Å²) in [6.07, 6.45) is 2.84. The van der Waals surface area contributed by atoms with Gasteiger partial charge in [0.25, 0.3) is 11.8 Å². The molecule has 37 heavy (non-hydrogen) atoms. The third-order valence-electron chi connectivity index (χ3n) is 6.16. The molecule has 1 saturated heterocycles. The van der Waals surface area contributed by atoms with Crippen molar-refractivity contribution < 1.29 is 23.9 Å². The van der Waals surface area contributed by atoms with Gasteiger partial charge in [-0.15, -0.1) is 0 Å². The van der Waals surface area contributed by atoms with Crippen molar-refractivity contribution in [2.24, 2.45) is 5.92 Å². The van der Waals surface area contributed by atoms with Gasteiger partial charge in [-0.2, -0.15) is 0 Å². The van der Waals surface area contributed by atoms with E-state index in [1.54, 1.807) is 53.4 Å². The van der Waals surface area contributed by atoms with Crippen LogP contribution >= 0.6 is 0 Å². The second-order valence-corrected chi connectivity index (χ2v) is 8.97. The standard InChI is InChI=1S/C28H36N4O5/c1-3-5-16-32-19-21(18-25(32)33)27(35)30-22-13-11-20(12-14-22)26(34)31-24-10-7-6-9-23(24)28(36)29-15-8-17-37-4-2/h6-7,9-14,21H,3-5,8,15-19H2,1-2H3,(H,29,36)(H,30,35)(H,31,34). The van der Waals surface area contributed by atoms with Crippen molar-refractivity contribution in [1.82, 2.24) is 10.2 Å². The molecule has 4 amide bonds. The first-order chi connectivity index (χ1) is 17.9. The zero-order chi connectivity index (χ0) is 26.6. The Morgan fingerprint density at radius 3 is 2.46 bits per heavy atom. The van der Waals surface area contributed by atoms with Gasteiger partial charge in [-0.05, 0) is 56.2 Å². The first-order valence-corrected chi connectivity index (χ1v) is 12.9. The summed E-state index contributed by atoms with van der Waals surface area (Å²) in [6.45, 7) is 6.78. The number of hydrogen-bond acceptors (Lipinski definition) is 5. The number of ether oxygens (including phenoxy) is 1. The molecule has 2 aromatic carbocycles. The van der Waals surface area contributed by atoms with Crippen LogP contribution in [0.2, 0.25) is 0 Å². The van der Waals surface area contributed by atoms with Crippen LogP contribution < -0.4 is 16.0 Å². The lowest BCUT2D eigenvalue weighted by atomic mass is 10.1. The molecule has 198 valence electrons. The summed E-state index contributed by atoms with van der Waals surface area (Å²) in [4.78, 5) is 52.0. The highest BCUT2D eigenvalue weighted by molar-refractivity contribution is 6.09. The maximum atomic E-state index is 12.8. The average Bonchev–Trinajstić information content (AvgIpc) is 3.28. The summed E-state index contributed by atoms with van der Waals surface area (Å²) in [5.41, 5.74) is 1.71. The molecule has 1 atom stereocenters. The molecular weight excluding hydrogens is 472 g/mol. The maximum Gasteiger partial charge on any atom is 0.255 e. The molecule has 0 radical (unpaired) electrons. The maximum absolute atomic E-state index is 12.8. The number of hydrogen-bond donors (Lipinski definition) is 3. The first-order valence-electron chi connectivity index (χ1n) is 12.9. The Balaban J connectivity index is 1.54. The number of rotatable bonds is 13. The molecule has 1 unspecified atom stereocenters. The van der Waals surface area contributed by atoms with Crippen LogP contribution in [0.3, 0.4) is 0 Å². The second kappa shape index (κ2) is 14.1. The molecule has 3 rings (SSSR count). The zero-order valence-electron chi connectivity index (χ0n) is 21.5. The van der Waals surface area contributed by atoms with E-state index in [0.717, 1.165) is 12.8 Å². The monoisotopic (exact) mass is 508 g/mol.